The van der Waals surface area contributed by atoms with Crippen molar-refractivity contribution in [2.45, 2.75) is 26.4 Å². The molecule has 0 atom stereocenters. The van der Waals surface area contributed by atoms with E-state index in [1.807, 2.05) is 12.1 Å². The van der Waals surface area contributed by atoms with E-state index >= 15 is 0 Å². The van der Waals surface area contributed by atoms with E-state index in [9.17, 15) is 14.7 Å². The summed E-state index contributed by atoms with van der Waals surface area (Å²) < 4.78 is 4.94. The van der Waals surface area contributed by atoms with Crippen molar-refractivity contribution in [1.29, 1.82) is 0 Å². The van der Waals surface area contributed by atoms with Crippen molar-refractivity contribution >= 4 is 11.8 Å². The van der Waals surface area contributed by atoms with Crippen LogP contribution in [0.15, 0.2) is 72.8 Å². The van der Waals surface area contributed by atoms with Gasteiger partial charge in [0.05, 0.1) is 0 Å². The number of carbonyl (C=O) groups excluding carboxylic acids is 2. The lowest BCUT2D eigenvalue weighted by molar-refractivity contribution is -0.130. The number of benzene rings is 2. The van der Waals surface area contributed by atoms with Gasteiger partial charge in [-0.05, 0) is 32.9 Å². The molecule has 2 rings (SSSR count). The third-order valence-electron chi connectivity index (χ3n) is 2.89. The number of ether oxygens (including phenoxy) is 1. The van der Waals surface area contributed by atoms with Crippen LogP contribution in [0.25, 0.3) is 0 Å². The van der Waals surface area contributed by atoms with E-state index in [2.05, 4.69) is 6.58 Å². The summed E-state index contributed by atoms with van der Waals surface area (Å²) in [5, 5.41) is 9.39. The lowest BCUT2D eigenvalue weighted by Gasteiger charge is -2.14. The number of hydrogen-bond acceptors (Lipinski definition) is 4. The van der Waals surface area contributed by atoms with Gasteiger partial charge >= 0.3 is 5.97 Å². The molecule has 0 fully saturated rings. The second-order valence-electron chi connectivity index (χ2n) is 5.74. The highest BCUT2D eigenvalue weighted by molar-refractivity contribution is 6.01. The Labute approximate surface area is 142 Å². The number of carbonyl (C=O) groups is 2. The molecule has 0 heterocycles. The van der Waals surface area contributed by atoms with Gasteiger partial charge in [0, 0.05) is 11.1 Å². The summed E-state index contributed by atoms with van der Waals surface area (Å²) in [5.74, 6) is -0.0881. The van der Waals surface area contributed by atoms with Crippen molar-refractivity contribution in [1.82, 2.24) is 0 Å². The van der Waals surface area contributed by atoms with Crippen molar-refractivity contribution in [3.8, 4) is 5.75 Å². The molecule has 0 spiro atoms. The van der Waals surface area contributed by atoms with E-state index in [0.717, 1.165) is 0 Å². The average molecular weight is 326 g/mol. The van der Waals surface area contributed by atoms with E-state index in [0.29, 0.717) is 16.9 Å². The standard InChI is InChI=1S/C10H12O2.C10H10O2/c1-10(2,12)9(11)8-6-4-3-5-7-8;1-8(2)10(11)12-9-6-4-3-5-7-9/h3-7,12H,1-2H3;3-7H,1H2,2H3. The summed E-state index contributed by atoms with van der Waals surface area (Å²) in [4.78, 5) is 22.4. The molecule has 0 bridgehead atoms. The van der Waals surface area contributed by atoms with Crippen molar-refractivity contribution < 1.29 is 19.4 Å². The maximum Gasteiger partial charge on any atom is 0.338 e. The Bertz CT molecular complexity index is 683. The SMILES string of the molecule is C=C(C)C(=O)Oc1ccccc1.CC(C)(O)C(=O)c1ccccc1. The van der Waals surface area contributed by atoms with Crippen molar-refractivity contribution in [2.75, 3.05) is 0 Å². The molecule has 1 N–H and O–H groups in total. The number of hydrogen-bond donors (Lipinski definition) is 1. The van der Waals surface area contributed by atoms with Crippen LogP contribution in [-0.2, 0) is 4.79 Å². The predicted octanol–water partition coefficient (Wildman–Crippen LogP) is 3.81. The summed E-state index contributed by atoms with van der Waals surface area (Å²) in [6.07, 6.45) is 0. The molecule has 0 saturated carbocycles. The first-order chi connectivity index (χ1) is 11.2. The largest absolute Gasteiger partial charge is 0.423 e. The van der Waals surface area contributed by atoms with Gasteiger partial charge in [-0.2, -0.15) is 0 Å². The van der Waals surface area contributed by atoms with Crippen LogP contribution in [0, 0.1) is 0 Å². The zero-order valence-electron chi connectivity index (χ0n) is 14.2. The molecule has 0 unspecified atom stereocenters. The van der Waals surface area contributed by atoms with Gasteiger partial charge in [-0.3, -0.25) is 4.79 Å². The molecule has 2 aromatic rings. The van der Waals surface area contributed by atoms with Crippen LogP contribution in [0.5, 0.6) is 5.75 Å². The number of aliphatic hydroxyl groups is 1. The molecule has 0 aliphatic heterocycles. The number of rotatable bonds is 4. The van der Waals surface area contributed by atoms with Gasteiger partial charge in [0.15, 0.2) is 5.78 Å². The van der Waals surface area contributed by atoms with E-state index in [-0.39, 0.29) is 11.8 Å². The number of ketones is 1. The Morgan fingerprint density at radius 1 is 0.958 bits per heavy atom. The van der Waals surface area contributed by atoms with Crippen molar-refractivity contribution in [2.24, 2.45) is 0 Å². The minimum absolute atomic E-state index is 0.247. The summed E-state index contributed by atoms with van der Waals surface area (Å²) in [7, 11) is 0. The monoisotopic (exact) mass is 326 g/mol. The maximum atomic E-state index is 11.4. The number of para-hydroxylation sites is 1. The Balaban J connectivity index is 0.000000240. The molecular weight excluding hydrogens is 304 g/mol. The van der Waals surface area contributed by atoms with Gasteiger partial charge in [-0.15, -0.1) is 0 Å². The van der Waals surface area contributed by atoms with Crippen LogP contribution >= 0.6 is 0 Å². The molecular formula is C20H22O4. The fraction of sp³-hybridized carbons (Fsp3) is 0.200. The molecule has 0 saturated heterocycles. The normalized spacial score (nSPS) is 10.2. The minimum atomic E-state index is -1.28. The van der Waals surface area contributed by atoms with Gasteiger partial charge < -0.3 is 9.84 Å². The predicted molar refractivity (Wildman–Crippen MR) is 94.0 cm³/mol. The zero-order valence-corrected chi connectivity index (χ0v) is 14.2. The second-order valence-corrected chi connectivity index (χ2v) is 5.74. The Morgan fingerprint density at radius 3 is 1.83 bits per heavy atom. The second kappa shape index (κ2) is 8.79. The Kier molecular flexibility index (Phi) is 7.08. The molecule has 0 radical (unpaired) electrons. The fourth-order valence-electron chi connectivity index (χ4n) is 1.63. The van der Waals surface area contributed by atoms with Crippen LogP contribution in [0.2, 0.25) is 0 Å². The minimum Gasteiger partial charge on any atom is -0.423 e. The van der Waals surface area contributed by atoms with Crippen LogP contribution in [0.3, 0.4) is 0 Å². The third-order valence-corrected chi connectivity index (χ3v) is 2.89. The van der Waals surface area contributed by atoms with E-state index in [4.69, 9.17) is 4.74 Å². The topological polar surface area (TPSA) is 63.6 Å². The average Bonchev–Trinajstić information content (AvgIpc) is 2.55. The van der Waals surface area contributed by atoms with Crippen molar-refractivity contribution in [3.63, 3.8) is 0 Å². The number of esters is 1. The first kappa shape index (κ1) is 19.3. The summed E-state index contributed by atoms with van der Waals surface area (Å²) in [6, 6.07) is 17.7. The third kappa shape index (κ3) is 6.58. The van der Waals surface area contributed by atoms with Gasteiger partial charge in [0.1, 0.15) is 11.4 Å². The highest BCUT2D eigenvalue weighted by atomic mass is 16.5. The Morgan fingerprint density at radius 2 is 1.42 bits per heavy atom. The molecule has 24 heavy (non-hydrogen) atoms. The van der Waals surface area contributed by atoms with Gasteiger partial charge in [-0.25, -0.2) is 4.79 Å². The maximum absolute atomic E-state index is 11.4. The van der Waals surface area contributed by atoms with Gasteiger partial charge in [0.2, 0.25) is 0 Å². The molecule has 0 aliphatic rings. The van der Waals surface area contributed by atoms with E-state index < -0.39 is 5.60 Å². The van der Waals surface area contributed by atoms with Crippen molar-refractivity contribution in [3.05, 3.63) is 78.4 Å². The fourth-order valence-corrected chi connectivity index (χ4v) is 1.63. The van der Waals surface area contributed by atoms with E-state index in [1.165, 1.54) is 13.8 Å². The first-order valence-electron chi connectivity index (χ1n) is 7.47. The molecule has 126 valence electrons. The van der Waals surface area contributed by atoms with Gasteiger partial charge in [0.25, 0.3) is 0 Å². The highest BCUT2D eigenvalue weighted by Gasteiger charge is 2.24. The summed E-state index contributed by atoms with van der Waals surface area (Å²) >= 11 is 0. The zero-order chi connectivity index (χ0) is 18.2. The molecule has 2 aromatic carbocycles. The quantitative estimate of drug-likeness (QED) is 0.402. The first-order valence-corrected chi connectivity index (χ1v) is 7.47. The van der Waals surface area contributed by atoms with Crippen LogP contribution in [0.1, 0.15) is 31.1 Å². The molecule has 0 aliphatic carbocycles. The Hall–Kier alpha value is -2.72. The molecule has 0 aromatic heterocycles. The van der Waals surface area contributed by atoms with Crippen LogP contribution in [-0.4, -0.2) is 22.5 Å². The van der Waals surface area contributed by atoms with Gasteiger partial charge in [-0.1, -0.05) is 55.1 Å². The molecule has 0 amide bonds. The number of Topliss-reactive ketones (excluding diaryl/α,β-unsaturated/α-hetero) is 1. The summed E-state index contributed by atoms with van der Waals surface area (Å²) in [5.41, 5.74) is -0.328. The van der Waals surface area contributed by atoms with Crippen LogP contribution < -0.4 is 4.74 Å². The van der Waals surface area contributed by atoms with Crippen LogP contribution in [0.4, 0.5) is 0 Å². The molecule has 4 heteroatoms. The smallest absolute Gasteiger partial charge is 0.338 e. The molecule has 4 nitrogen and oxygen atoms in total. The lowest BCUT2D eigenvalue weighted by Crippen LogP contribution is -2.30. The highest BCUT2D eigenvalue weighted by Crippen LogP contribution is 2.11. The van der Waals surface area contributed by atoms with E-state index in [1.54, 1.807) is 55.5 Å². The lowest BCUT2D eigenvalue weighted by atomic mass is 9.97. The summed E-state index contributed by atoms with van der Waals surface area (Å²) in [6.45, 7) is 8.07.